The summed E-state index contributed by atoms with van der Waals surface area (Å²) < 4.78 is 11.0. The van der Waals surface area contributed by atoms with Gasteiger partial charge in [0, 0.05) is 17.6 Å². The first-order chi connectivity index (χ1) is 23.3. The van der Waals surface area contributed by atoms with Crippen LogP contribution in [0.25, 0.3) is 22.3 Å². The van der Waals surface area contributed by atoms with Crippen LogP contribution < -0.4 is 10.6 Å². The lowest BCUT2D eigenvalue weighted by Crippen LogP contribution is -2.43. The van der Waals surface area contributed by atoms with Crippen molar-refractivity contribution in [3.05, 3.63) is 119 Å². The molecule has 2 amide bonds. The molecule has 0 spiro atoms. The molecule has 6 rings (SSSR count). The zero-order chi connectivity index (χ0) is 33.6. The second-order valence-corrected chi connectivity index (χ2v) is 12.7. The van der Waals surface area contributed by atoms with Crippen molar-refractivity contribution in [1.82, 2.24) is 10.6 Å². The van der Waals surface area contributed by atoms with Crippen molar-refractivity contribution in [2.24, 2.45) is 0 Å². The first kappa shape index (κ1) is 32.6. The topological polar surface area (TPSA) is 151 Å². The molecule has 0 bridgehead atoms. The van der Waals surface area contributed by atoms with Crippen LogP contribution in [-0.4, -0.2) is 71.1 Å². The molecule has 10 nitrogen and oxygen atoms in total. The number of ether oxygens (including phenoxy) is 2. The van der Waals surface area contributed by atoms with Gasteiger partial charge in [0.05, 0.1) is 0 Å². The third-order valence-corrected chi connectivity index (χ3v) is 9.80. The summed E-state index contributed by atoms with van der Waals surface area (Å²) in [6.07, 6.45) is -1.69. The molecule has 48 heavy (non-hydrogen) atoms. The van der Waals surface area contributed by atoms with Crippen LogP contribution in [-0.2, 0) is 19.1 Å². The Bertz CT molecular complexity index is 1620. The van der Waals surface area contributed by atoms with E-state index >= 15 is 0 Å². The fraction of sp³-hybridized carbons (Fsp3) is 0.243. The van der Waals surface area contributed by atoms with E-state index in [1.807, 2.05) is 97.1 Å². The Labute approximate surface area is 281 Å². The minimum atomic E-state index is -1.26. The summed E-state index contributed by atoms with van der Waals surface area (Å²) in [6, 6.07) is 29.1. The Morgan fingerprint density at radius 3 is 1.31 bits per heavy atom. The van der Waals surface area contributed by atoms with E-state index in [0.29, 0.717) is 0 Å². The smallest absolute Gasteiger partial charge is 0.407 e. The lowest BCUT2D eigenvalue weighted by atomic mass is 9.98. The van der Waals surface area contributed by atoms with Gasteiger partial charge in [0.15, 0.2) is 0 Å². The molecule has 4 aromatic carbocycles. The third-order valence-electron chi connectivity index (χ3n) is 8.70. The summed E-state index contributed by atoms with van der Waals surface area (Å²) in [4.78, 5) is 49.1. The van der Waals surface area contributed by atoms with Gasteiger partial charge in [-0.05, 0) is 56.7 Å². The van der Waals surface area contributed by atoms with Gasteiger partial charge in [-0.3, -0.25) is 0 Å². The first-order valence-electron chi connectivity index (χ1n) is 15.6. The SMILES string of the molecule is O=C(NC(CSCC[C@H](NC(=O)OCC1c2ccccc2-c2ccccc21)C(=O)O)C(=O)O)OCC1c2ccccc2-c2ccccc21. The molecule has 4 aromatic rings. The standard InChI is InChI=1S/C37H34N2O8S/c40-34(41)32(38-36(44)46-19-30-26-13-5-1-9-22(26)23-10-2-6-14-27(23)30)17-18-48-21-33(35(42)43)39-37(45)47-20-31-28-15-7-3-11-24(28)25-12-4-8-16-29(25)31/h1-16,30-33H,17-21H2,(H,38,44)(H,39,45)(H,40,41)(H,42,43)/t32-,33?/m0/s1. The number of hydrogen-bond acceptors (Lipinski definition) is 7. The number of benzene rings is 4. The molecule has 2 aliphatic carbocycles. The number of aliphatic carboxylic acids is 2. The molecule has 0 saturated carbocycles. The summed E-state index contributed by atoms with van der Waals surface area (Å²) in [5.41, 5.74) is 8.47. The van der Waals surface area contributed by atoms with Gasteiger partial charge in [0.25, 0.3) is 0 Å². The Hall–Kier alpha value is -5.29. The largest absolute Gasteiger partial charge is 0.480 e. The van der Waals surface area contributed by atoms with Crippen molar-refractivity contribution < 1.29 is 38.9 Å². The highest BCUT2D eigenvalue weighted by molar-refractivity contribution is 7.99. The minimum Gasteiger partial charge on any atom is -0.480 e. The van der Waals surface area contributed by atoms with Crippen LogP contribution in [0.4, 0.5) is 9.59 Å². The molecule has 1 unspecified atom stereocenters. The van der Waals surface area contributed by atoms with Gasteiger partial charge in [-0.25, -0.2) is 19.2 Å². The highest BCUT2D eigenvalue weighted by Crippen LogP contribution is 2.45. The van der Waals surface area contributed by atoms with E-state index in [0.717, 1.165) is 56.3 Å². The highest BCUT2D eigenvalue weighted by atomic mass is 32.2. The van der Waals surface area contributed by atoms with Crippen LogP contribution >= 0.6 is 11.8 Å². The molecule has 246 valence electrons. The number of alkyl carbamates (subject to hydrolysis) is 2. The molecule has 0 radical (unpaired) electrons. The van der Waals surface area contributed by atoms with Crippen molar-refractivity contribution in [2.75, 3.05) is 24.7 Å². The number of carbonyl (C=O) groups excluding carboxylic acids is 2. The summed E-state index contributed by atoms with van der Waals surface area (Å²) in [6.45, 7) is 0.0873. The number of fused-ring (bicyclic) bond motifs is 6. The van der Waals surface area contributed by atoms with E-state index in [1.165, 1.54) is 0 Å². The van der Waals surface area contributed by atoms with Crippen LogP contribution in [0.2, 0.25) is 0 Å². The quantitative estimate of drug-likeness (QED) is 0.124. The van der Waals surface area contributed by atoms with E-state index in [4.69, 9.17) is 9.47 Å². The maximum Gasteiger partial charge on any atom is 0.407 e. The highest BCUT2D eigenvalue weighted by Gasteiger charge is 2.31. The number of rotatable bonds is 13. The Kier molecular flexibility index (Phi) is 9.96. The van der Waals surface area contributed by atoms with Crippen molar-refractivity contribution in [2.45, 2.75) is 30.3 Å². The van der Waals surface area contributed by atoms with Crippen LogP contribution in [0.15, 0.2) is 97.1 Å². The number of carboxylic acid groups (broad SMARTS) is 2. The molecular formula is C37H34N2O8S. The van der Waals surface area contributed by atoms with Gasteiger partial charge in [0.2, 0.25) is 0 Å². The minimum absolute atomic E-state index is 0.0154. The molecule has 4 N–H and O–H groups in total. The second kappa shape index (κ2) is 14.6. The van der Waals surface area contributed by atoms with Gasteiger partial charge in [-0.1, -0.05) is 97.1 Å². The lowest BCUT2D eigenvalue weighted by molar-refractivity contribution is -0.140. The van der Waals surface area contributed by atoms with E-state index in [1.54, 1.807) is 0 Å². The second-order valence-electron chi connectivity index (χ2n) is 11.6. The number of hydrogen-bond donors (Lipinski definition) is 4. The summed E-state index contributed by atoms with van der Waals surface area (Å²) >= 11 is 1.14. The van der Waals surface area contributed by atoms with E-state index in [2.05, 4.69) is 10.6 Å². The molecule has 2 aliphatic rings. The van der Waals surface area contributed by atoms with Crippen molar-refractivity contribution in [3.63, 3.8) is 0 Å². The van der Waals surface area contributed by atoms with Crippen LogP contribution in [0.3, 0.4) is 0 Å². The molecule has 0 fully saturated rings. The molecule has 0 heterocycles. The van der Waals surface area contributed by atoms with Crippen molar-refractivity contribution >= 4 is 35.9 Å². The van der Waals surface area contributed by atoms with Crippen LogP contribution in [0.5, 0.6) is 0 Å². The van der Waals surface area contributed by atoms with Gasteiger partial charge >= 0.3 is 24.1 Å². The average Bonchev–Trinajstić information content (AvgIpc) is 3.59. The fourth-order valence-electron chi connectivity index (χ4n) is 6.40. The third kappa shape index (κ3) is 7.01. The Morgan fingerprint density at radius 1 is 0.583 bits per heavy atom. The molecular weight excluding hydrogens is 632 g/mol. The number of thioether (sulfide) groups is 1. The number of amides is 2. The molecule has 2 atom stereocenters. The zero-order valence-electron chi connectivity index (χ0n) is 25.8. The summed E-state index contributed by atoms with van der Waals surface area (Å²) in [7, 11) is 0. The zero-order valence-corrected chi connectivity index (χ0v) is 26.7. The van der Waals surface area contributed by atoms with Gasteiger partial charge in [-0.2, -0.15) is 11.8 Å². The maximum atomic E-state index is 12.6. The van der Waals surface area contributed by atoms with Gasteiger partial charge in [-0.15, -0.1) is 0 Å². The molecule has 11 heteroatoms. The monoisotopic (exact) mass is 666 g/mol. The lowest BCUT2D eigenvalue weighted by Gasteiger charge is -2.18. The number of nitrogens with one attached hydrogen (secondary N) is 2. The number of carbonyl (C=O) groups is 4. The Balaban J connectivity index is 0.957. The van der Waals surface area contributed by atoms with E-state index in [9.17, 15) is 29.4 Å². The molecule has 0 saturated heterocycles. The Morgan fingerprint density at radius 2 is 0.938 bits per heavy atom. The number of carboxylic acids is 2. The summed E-state index contributed by atoms with van der Waals surface area (Å²) in [5, 5.41) is 24.2. The average molecular weight is 667 g/mol. The molecule has 0 aliphatic heterocycles. The van der Waals surface area contributed by atoms with E-state index < -0.39 is 36.2 Å². The predicted octanol–water partition coefficient (Wildman–Crippen LogP) is 6.09. The summed E-state index contributed by atoms with van der Waals surface area (Å²) in [5.74, 6) is -2.65. The van der Waals surface area contributed by atoms with Crippen LogP contribution in [0.1, 0.15) is 40.5 Å². The van der Waals surface area contributed by atoms with Crippen LogP contribution in [0, 0.1) is 0 Å². The van der Waals surface area contributed by atoms with Crippen molar-refractivity contribution in [3.8, 4) is 22.3 Å². The molecule has 0 aromatic heterocycles. The first-order valence-corrected chi connectivity index (χ1v) is 16.7. The van der Waals surface area contributed by atoms with Gasteiger partial charge in [0.1, 0.15) is 25.3 Å². The normalized spacial score (nSPS) is 14.1. The van der Waals surface area contributed by atoms with E-state index in [-0.39, 0.29) is 43.0 Å². The van der Waals surface area contributed by atoms with Crippen molar-refractivity contribution in [1.29, 1.82) is 0 Å². The van der Waals surface area contributed by atoms with Gasteiger partial charge < -0.3 is 30.3 Å². The maximum absolute atomic E-state index is 12.6. The fourth-order valence-corrected chi connectivity index (χ4v) is 7.43. The predicted molar refractivity (Wildman–Crippen MR) is 181 cm³/mol.